The molecule has 0 bridgehead atoms. The van der Waals surface area contributed by atoms with Gasteiger partial charge in [0.15, 0.2) is 0 Å². The van der Waals surface area contributed by atoms with E-state index in [-0.39, 0.29) is 30.1 Å². The maximum Gasteiger partial charge on any atom is 0.318 e. The average molecular weight is 495 g/mol. The fourth-order valence-corrected chi connectivity index (χ4v) is 5.72. The number of amides is 1. The van der Waals surface area contributed by atoms with E-state index in [1.165, 1.54) is 30.3 Å². The smallest absolute Gasteiger partial charge is 0.318 e. The maximum atomic E-state index is 13.6. The molecule has 0 unspecified atom stereocenters. The number of ether oxygens (including phenoxy) is 1. The number of likely N-dealkylation sites (tertiary alicyclic amines) is 1. The molecule has 2 aromatic carbocycles. The van der Waals surface area contributed by atoms with Crippen LogP contribution < -0.4 is 4.74 Å². The molecule has 0 spiro atoms. The van der Waals surface area contributed by atoms with Crippen LogP contribution in [0.25, 0.3) is 10.8 Å². The number of aliphatic carboxylic acids is 1. The molecular formula is C24H22N4O6S. The van der Waals surface area contributed by atoms with Gasteiger partial charge in [-0.05, 0) is 59.2 Å². The number of hydrogen-bond acceptors (Lipinski definition) is 7. The summed E-state index contributed by atoms with van der Waals surface area (Å²) in [6.45, 7) is -0.450. The van der Waals surface area contributed by atoms with E-state index in [2.05, 4.69) is 4.98 Å². The molecule has 1 saturated heterocycles. The zero-order valence-electron chi connectivity index (χ0n) is 18.8. The van der Waals surface area contributed by atoms with Crippen LogP contribution in [0, 0.1) is 11.3 Å². The van der Waals surface area contributed by atoms with E-state index in [0.717, 1.165) is 9.69 Å². The number of rotatable bonds is 8. The lowest BCUT2D eigenvalue weighted by atomic mass is 10.1. The van der Waals surface area contributed by atoms with Crippen LogP contribution in [-0.2, 0) is 26.2 Å². The molecule has 1 aliphatic heterocycles. The van der Waals surface area contributed by atoms with Crippen molar-refractivity contribution in [3.05, 3.63) is 66.0 Å². The monoisotopic (exact) mass is 494 g/mol. The Labute approximate surface area is 202 Å². The second-order valence-corrected chi connectivity index (χ2v) is 9.93. The fourth-order valence-electron chi connectivity index (χ4n) is 4.12. The van der Waals surface area contributed by atoms with Crippen LogP contribution in [0.3, 0.4) is 0 Å². The fraction of sp³-hybridized carbons (Fsp3) is 0.250. The predicted octanol–water partition coefficient (Wildman–Crippen LogP) is 1.99. The van der Waals surface area contributed by atoms with Gasteiger partial charge in [0, 0.05) is 19.3 Å². The van der Waals surface area contributed by atoms with Gasteiger partial charge in [-0.2, -0.15) is 9.57 Å². The van der Waals surface area contributed by atoms with Crippen LogP contribution in [0.5, 0.6) is 5.75 Å². The van der Waals surface area contributed by atoms with E-state index in [4.69, 9.17) is 10.00 Å². The van der Waals surface area contributed by atoms with Gasteiger partial charge < -0.3 is 14.7 Å². The Morgan fingerprint density at radius 3 is 2.71 bits per heavy atom. The molecule has 1 amide bonds. The highest BCUT2D eigenvalue weighted by Gasteiger charge is 2.43. The molecule has 3 aromatic rings. The summed E-state index contributed by atoms with van der Waals surface area (Å²) >= 11 is 0. The largest absolute Gasteiger partial charge is 0.497 e. The van der Waals surface area contributed by atoms with Gasteiger partial charge in [-0.25, -0.2) is 13.4 Å². The van der Waals surface area contributed by atoms with Gasteiger partial charge >= 0.3 is 5.97 Å². The number of carbonyl (C=O) groups excluding carboxylic acids is 1. The minimum absolute atomic E-state index is 0.112. The summed E-state index contributed by atoms with van der Waals surface area (Å²) in [5, 5.41) is 19.9. The third kappa shape index (κ3) is 4.94. The van der Waals surface area contributed by atoms with Gasteiger partial charge in [-0.15, -0.1) is 0 Å². The van der Waals surface area contributed by atoms with E-state index in [1.54, 1.807) is 36.4 Å². The summed E-state index contributed by atoms with van der Waals surface area (Å²) in [5.41, 5.74) is 0.871. The van der Waals surface area contributed by atoms with Crippen molar-refractivity contribution in [2.45, 2.75) is 23.9 Å². The summed E-state index contributed by atoms with van der Waals surface area (Å²) in [6, 6.07) is 13.7. The Kier molecular flexibility index (Phi) is 6.68. The third-order valence-corrected chi connectivity index (χ3v) is 7.70. The first-order valence-corrected chi connectivity index (χ1v) is 12.1. The lowest BCUT2D eigenvalue weighted by Gasteiger charge is -2.26. The Hall–Kier alpha value is -4.01. The number of carboxylic acid groups (broad SMARTS) is 1. The Morgan fingerprint density at radius 2 is 2.00 bits per heavy atom. The van der Waals surface area contributed by atoms with Crippen molar-refractivity contribution >= 4 is 32.7 Å². The highest BCUT2D eigenvalue weighted by molar-refractivity contribution is 7.89. The van der Waals surface area contributed by atoms with Gasteiger partial charge in [-0.3, -0.25) is 9.59 Å². The summed E-state index contributed by atoms with van der Waals surface area (Å²) in [7, 11) is -2.82. The summed E-state index contributed by atoms with van der Waals surface area (Å²) in [6.07, 6.45) is 1.60. The molecule has 10 nitrogen and oxygen atoms in total. The normalized spacial score (nSPS) is 16.0. The minimum Gasteiger partial charge on any atom is -0.497 e. The second kappa shape index (κ2) is 9.69. The van der Waals surface area contributed by atoms with Crippen LogP contribution in [0.1, 0.15) is 17.7 Å². The van der Waals surface area contributed by atoms with Crippen LogP contribution in [0.4, 0.5) is 0 Å². The molecule has 180 valence electrons. The first-order valence-electron chi connectivity index (χ1n) is 10.7. The van der Waals surface area contributed by atoms with Crippen LogP contribution >= 0.6 is 0 Å². The standard InChI is InChI=1S/C24H22N4O6S/c1-34-20-4-2-17-3-5-21(12-18(17)11-20)35(32,33)28(15-23(29)30)22-7-9-27(24(22)31)14-16-6-8-26-19(10-16)13-25/h2-6,8,10-12,22H,7,9,14-15H2,1H3,(H,29,30)/t22-/m0/s1. The molecule has 1 N–H and O–H groups in total. The summed E-state index contributed by atoms with van der Waals surface area (Å²) in [5.74, 6) is -1.31. The first kappa shape index (κ1) is 24.1. The molecule has 35 heavy (non-hydrogen) atoms. The summed E-state index contributed by atoms with van der Waals surface area (Å²) in [4.78, 5) is 30.0. The molecule has 0 aliphatic carbocycles. The number of nitrogens with zero attached hydrogens (tertiary/aromatic N) is 4. The van der Waals surface area contributed by atoms with Crippen molar-refractivity contribution < 1.29 is 27.9 Å². The van der Waals surface area contributed by atoms with Gasteiger partial charge in [0.25, 0.3) is 0 Å². The Morgan fingerprint density at radius 1 is 1.23 bits per heavy atom. The number of carboxylic acids is 1. The SMILES string of the molecule is COc1ccc2ccc(S(=O)(=O)N(CC(=O)O)[C@H]3CCN(Cc4ccnc(C#N)c4)C3=O)cc2c1. The molecule has 1 fully saturated rings. The lowest BCUT2D eigenvalue weighted by Crippen LogP contribution is -2.47. The third-order valence-electron chi connectivity index (χ3n) is 5.85. The van der Waals surface area contributed by atoms with E-state index in [9.17, 15) is 23.1 Å². The molecule has 11 heteroatoms. The number of aromatic nitrogens is 1. The van der Waals surface area contributed by atoms with Crippen molar-refractivity contribution in [3.8, 4) is 11.8 Å². The zero-order valence-corrected chi connectivity index (χ0v) is 19.6. The molecule has 0 radical (unpaired) electrons. The number of fused-ring (bicyclic) bond motifs is 1. The molecular weight excluding hydrogens is 472 g/mol. The molecule has 4 rings (SSSR count). The van der Waals surface area contributed by atoms with Gasteiger partial charge in [0.2, 0.25) is 15.9 Å². The van der Waals surface area contributed by atoms with E-state index in [1.807, 2.05) is 6.07 Å². The topological polar surface area (TPSA) is 141 Å². The van der Waals surface area contributed by atoms with Crippen molar-refractivity contribution in [3.63, 3.8) is 0 Å². The number of pyridine rings is 1. The predicted molar refractivity (Wildman–Crippen MR) is 125 cm³/mol. The number of methoxy groups -OCH3 is 1. The summed E-state index contributed by atoms with van der Waals surface area (Å²) < 4.78 is 33.1. The molecule has 1 aliphatic rings. The minimum atomic E-state index is -4.32. The van der Waals surface area contributed by atoms with Gasteiger partial charge in [0.1, 0.15) is 30.1 Å². The molecule has 2 heterocycles. The van der Waals surface area contributed by atoms with Crippen molar-refractivity contribution in [1.82, 2.24) is 14.2 Å². The van der Waals surface area contributed by atoms with Crippen LogP contribution in [0.15, 0.2) is 59.6 Å². The number of benzene rings is 2. The highest BCUT2D eigenvalue weighted by atomic mass is 32.2. The highest BCUT2D eigenvalue weighted by Crippen LogP contribution is 2.29. The van der Waals surface area contributed by atoms with Crippen LogP contribution in [0.2, 0.25) is 0 Å². The number of carbonyl (C=O) groups is 2. The number of sulfonamides is 1. The first-order chi connectivity index (χ1) is 16.7. The van der Waals surface area contributed by atoms with Crippen molar-refractivity contribution in [2.24, 2.45) is 0 Å². The van der Waals surface area contributed by atoms with Crippen LogP contribution in [-0.4, -0.2) is 65.8 Å². The quantitative estimate of drug-likeness (QED) is 0.501. The lowest BCUT2D eigenvalue weighted by molar-refractivity contribution is -0.138. The van der Waals surface area contributed by atoms with E-state index in [0.29, 0.717) is 16.7 Å². The second-order valence-electron chi connectivity index (χ2n) is 8.04. The Balaban J connectivity index is 1.64. The molecule has 1 aromatic heterocycles. The zero-order chi connectivity index (χ0) is 25.2. The maximum absolute atomic E-state index is 13.6. The van der Waals surface area contributed by atoms with Crippen molar-refractivity contribution in [2.75, 3.05) is 20.2 Å². The Bertz CT molecular complexity index is 1450. The van der Waals surface area contributed by atoms with E-state index < -0.39 is 34.5 Å². The average Bonchev–Trinajstić information content (AvgIpc) is 3.20. The number of nitriles is 1. The number of hydrogen-bond donors (Lipinski definition) is 1. The van der Waals surface area contributed by atoms with E-state index >= 15 is 0 Å². The van der Waals surface area contributed by atoms with Gasteiger partial charge in [0.05, 0.1) is 12.0 Å². The molecule has 0 saturated carbocycles. The molecule has 1 atom stereocenters. The van der Waals surface area contributed by atoms with Crippen molar-refractivity contribution in [1.29, 1.82) is 5.26 Å². The van der Waals surface area contributed by atoms with Gasteiger partial charge in [-0.1, -0.05) is 12.1 Å².